The molecule has 2 heterocycles. The average molecular weight is 337 g/mol. The van der Waals surface area contributed by atoms with Gasteiger partial charge in [0.25, 0.3) is 5.91 Å². The maximum Gasteiger partial charge on any atom is 0.260 e. The summed E-state index contributed by atoms with van der Waals surface area (Å²) in [6.45, 7) is 4.21. The van der Waals surface area contributed by atoms with E-state index in [0.29, 0.717) is 16.8 Å². The summed E-state index contributed by atoms with van der Waals surface area (Å²) in [5, 5.41) is 0.545. The van der Waals surface area contributed by atoms with E-state index in [1.165, 1.54) is 32.4 Å². The molecule has 0 aromatic heterocycles. The Bertz CT molecular complexity index is 524. The molecule has 0 N–H and O–H groups in total. The van der Waals surface area contributed by atoms with E-state index >= 15 is 0 Å². The van der Waals surface area contributed by atoms with E-state index in [-0.39, 0.29) is 12.5 Å². The molecule has 0 bridgehead atoms. The molecule has 3 rings (SSSR count). The Hall–Kier alpha value is -1.26. The summed E-state index contributed by atoms with van der Waals surface area (Å²) in [6.07, 6.45) is 6.18. The Labute approximate surface area is 143 Å². The van der Waals surface area contributed by atoms with Gasteiger partial charge in [0.05, 0.1) is 5.02 Å². The molecule has 1 aromatic rings. The Morgan fingerprint density at radius 1 is 1.09 bits per heavy atom. The zero-order chi connectivity index (χ0) is 16.1. The smallest absolute Gasteiger partial charge is 0.260 e. The monoisotopic (exact) mass is 336 g/mol. The minimum atomic E-state index is 0.0574. The number of rotatable bonds is 4. The number of hydrogen-bond donors (Lipinski definition) is 0. The molecule has 5 heteroatoms. The van der Waals surface area contributed by atoms with Gasteiger partial charge in [-0.1, -0.05) is 30.2 Å². The van der Waals surface area contributed by atoms with Crippen molar-refractivity contribution in [2.75, 3.05) is 32.8 Å². The summed E-state index contributed by atoms with van der Waals surface area (Å²) >= 11 is 6.04. The average Bonchev–Trinajstić information content (AvgIpc) is 2.62. The maximum atomic E-state index is 12.3. The Kier molecular flexibility index (Phi) is 5.79. The molecule has 126 valence electrons. The maximum absolute atomic E-state index is 12.3. The first-order valence-corrected chi connectivity index (χ1v) is 9.01. The number of nitrogens with zero attached hydrogens (tertiary/aromatic N) is 2. The molecule has 1 aromatic carbocycles. The summed E-state index contributed by atoms with van der Waals surface area (Å²) in [6, 6.07) is 7.92. The molecule has 0 radical (unpaired) electrons. The van der Waals surface area contributed by atoms with E-state index in [1.807, 2.05) is 17.0 Å². The number of para-hydroxylation sites is 1. The molecule has 0 spiro atoms. The van der Waals surface area contributed by atoms with E-state index in [0.717, 1.165) is 25.9 Å². The third-order valence-electron chi connectivity index (χ3n) is 4.91. The van der Waals surface area contributed by atoms with Gasteiger partial charge in [0.2, 0.25) is 0 Å². The Morgan fingerprint density at radius 2 is 1.78 bits per heavy atom. The Morgan fingerprint density at radius 3 is 2.48 bits per heavy atom. The summed E-state index contributed by atoms with van der Waals surface area (Å²) < 4.78 is 5.56. The van der Waals surface area contributed by atoms with Crippen LogP contribution in [-0.2, 0) is 4.79 Å². The second kappa shape index (κ2) is 8.02. The number of amides is 1. The van der Waals surface area contributed by atoms with E-state index < -0.39 is 0 Å². The molecule has 1 amide bonds. The van der Waals surface area contributed by atoms with Crippen molar-refractivity contribution >= 4 is 17.5 Å². The van der Waals surface area contributed by atoms with Crippen LogP contribution in [0.3, 0.4) is 0 Å². The summed E-state index contributed by atoms with van der Waals surface area (Å²) in [5.74, 6) is 0.632. The molecule has 0 atom stereocenters. The highest BCUT2D eigenvalue weighted by atomic mass is 35.5. The number of likely N-dealkylation sites (tertiary alicyclic amines) is 2. The van der Waals surface area contributed by atoms with Crippen molar-refractivity contribution in [3.63, 3.8) is 0 Å². The normalized spacial score (nSPS) is 20.5. The predicted octanol–water partition coefficient (Wildman–Crippen LogP) is 3.20. The van der Waals surface area contributed by atoms with Crippen LogP contribution < -0.4 is 4.74 Å². The van der Waals surface area contributed by atoms with Gasteiger partial charge in [-0.05, 0) is 50.9 Å². The van der Waals surface area contributed by atoms with Crippen molar-refractivity contribution < 1.29 is 9.53 Å². The van der Waals surface area contributed by atoms with E-state index in [9.17, 15) is 4.79 Å². The van der Waals surface area contributed by atoms with Crippen molar-refractivity contribution in [3.8, 4) is 5.75 Å². The van der Waals surface area contributed by atoms with E-state index in [4.69, 9.17) is 16.3 Å². The second-order valence-corrected chi connectivity index (χ2v) is 6.83. The fourth-order valence-electron chi connectivity index (χ4n) is 3.56. The SMILES string of the molecule is O=C(COc1ccccc1Cl)N1CCC(N2CCCCC2)CC1. The molecule has 0 unspecified atom stereocenters. The van der Waals surface area contributed by atoms with Crippen LogP contribution in [0.1, 0.15) is 32.1 Å². The van der Waals surface area contributed by atoms with Crippen molar-refractivity contribution in [3.05, 3.63) is 29.3 Å². The minimum absolute atomic E-state index is 0.0574. The number of piperidine rings is 2. The van der Waals surface area contributed by atoms with Gasteiger partial charge >= 0.3 is 0 Å². The molecule has 2 fully saturated rings. The first-order valence-electron chi connectivity index (χ1n) is 8.63. The number of ether oxygens (including phenoxy) is 1. The summed E-state index contributed by atoms with van der Waals surface area (Å²) in [5.41, 5.74) is 0. The lowest BCUT2D eigenvalue weighted by molar-refractivity contribution is -0.135. The van der Waals surface area contributed by atoms with Crippen LogP contribution in [0.15, 0.2) is 24.3 Å². The van der Waals surface area contributed by atoms with Gasteiger partial charge in [0.15, 0.2) is 6.61 Å². The van der Waals surface area contributed by atoms with Crippen molar-refractivity contribution in [2.24, 2.45) is 0 Å². The lowest BCUT2D eigenvalue weighted by Crippen LogP contribution is -2.49. The van der Waals surface area contributed by atoms with Crippen LogP contribution in [0.25, 0.3) is 0 Å². The first kappa shape index (κ1) is 16.6. The molecular formula is C18H25ClN2O2. The highest BCUT2D eigenvalue weighted by molar-refractivity contribution is 6.32. The van der Waals surface area contributed by atoms with Crippen molar-refractivity contribution in [2.45, 2.75) is 38.1 Å². The minimum Gasteiger partial charge on any atom is -0.482 e. The van der Waals surface area contributed by atoms with E-state index in [1.54, 1.807) is 12.1 Å². The topological polar surface area (TPSA) is 32.8 Å². The fraction of sp³-hybridized carbons (Fsp3) is 0.611. The molecule has 2 saturated heterocycles. The second-order valence-electron chi connectivity index (χ2n) is 6.43. The molecule has 0 saturated carbocycles. The van der Waals surface area contributed by atoms with Crippen molar-refractivity contribution in [1.29, 1.82) is 0 Å². The highest BCUT2D eigenvalue weighted by Crippen LogP contribution is 2.24. The van der Waals surface area contributed by atoms with Crippen LogP contribution in [0.4, 0.5) is 0 Å². The zero-order valence-electron chi connectivity index (χ0n) is 13.5. The molecule has 2 aliphatic heterocycles. The molecule has 23 heavy (non-hydrogen) atoms. The lowest BCUT2D eigenvalue weighted by Gasteiger charge is -2.40. The standard InChI is InChI=1S/C18H25ClN2O2/c19-16-6-2-3-7-17(16)23-14-18(22)21-12-8-15(9-13-21)20-10-4-1-5-11-20/h2-3,6-7,15H,1,4-5,8-14H2. The number of hydrogen-bond acceptors (Lipinski definition) is 3. The van der Waals surface area contributed by atoms with Crippen LogP contribution >= 0.6 is 11.6 Å². The first-order chi connectivity index (χ1) is 11.2. The van der Waals surface area contributed by atoms with Crippen LogP contribution in [0, 0.1) is 0 Å². The highest BCUT2D eigenvalue weighted by Gasteiger charge is 2.27. The largest absolute Gasteiger partial charge is 0.482 e. The fourth-order valence-corrected chi connectivity index (χ4v) is 3.75. The molecule has 4 nitrogen and oxygen atoms in total. The number of carbonyl (C=O) groups excluding carboxylic acids is 1. The zero-order valence-corrected chi connectivity index (χ0v) is 14.3. The van der Waals surface area contributed by atoms with Crippen LogP contribution in [-0.4, -0.2) is 54.5 Å². The van der Waals surface area contributed by atoms with Crippen LogP contribution in [0.5, 0.6) is 5.75 Å². The van der Waals surface area contributed by atoms with Gasteiger partial charge in [-0.3, -0.25) is 4.79 Å². The number of halogens is 1. The lowest BCUT2D eigenvalue weighted by atomic mass is 10.00. The molecule has 2 aliphatic rings. The van der Waals surface area contributed by atoms with Gasteiger partial charge < -0.3 is 14.5 Å². The summed E-state index contributed by atoms with van der Waals surface area (Å²) in [7, 11) is 0. The third kappa shape index (κ3) is 4.39. The molecular weight excluding hydrogens is 312 g/mol. The van der Waals surface area contributed by atoms with Gasteiger partial charge in [-0.15, -0.1) is 0 Å². The van der Waals surface area contributed by atoms with Gasteiger partial charge in [-0.25, -0.2) is 0 Å². The van der Waals surface area contributed by atoms with Crippen molar-refractivity contribution in [1.82, 2.24) is 9.80 Å². The number of carbonyl (C=O) groups is 1. The van der Waals surface area contributed by atoms with E-state index in [2.05, 4.69) is 4.90 Å². The van der Waals surface area contributed by atoms with Crippen LogP contribution in [0.2, 0.25) is 5.02 Å². The van der Waals surface area contributed by atoms with Gasteiger partial charge in [-0.2, -0.15) is 0 Å². The van der Waals surface area contributed by atoms with Gasteiger partial charge in [0, 0.05) is 19.1 Å². The third-order valence-corrected chi connectivity index (χ3v) is 5.22. The summed E-state index contributed by atoms with van der Waals surface area (Å²) in [4.78, 5) is 16.9. The quantitative estimate of drug-likeness (QED) is 0.846. The Balaban J connectivity index is 1.44. The number of benzene rings is 1. The predicted molar refractivity (Wildman–Crippen MR) is 92.0 cm³/mol. The molecule has 0 aliphatic carbocycles. The van der Waals surface area contributed by atoms with Gasteiger partial charge in [0.1, 0.15) is 5.75 Å².